The molecule has 1 N–H and O–H groups in total. The van der Waals surface area contributed by atoms with Gasteiger partial charge in [-0.2, -0.15) is 0 Å². The molecular formula is C16H13ClO6S. The molecule has 0 amide bonds. The average Bonchev–Trinajstić information content (AvgIpc) is 2.54. The number of rotatable bonds is 6. The Morgan fingerprint density at radius 3 is 2.17 bits per heavy atom. The Labute approximate surface area is 143 Å². The summed E-state index contributed by atoms with van der Waals surface area (Å²) in [6.45, 7) is 0. The highest BCUT2D eigenvalue weighted by Gasteiger charge is 2.18. The summed E-state index contributed by atoms with van der Waals surface area (Å²) in [7, 11) is -3.70. The van der Waals surface area contributed by atoms with Gasteiger partial charge in [0.05, 0.1) is 11.4 Å². The van der Waals surface area contributed by atoms with Crippen molar-refractivity contribution in [3.05, 3.63) is 53.6 Å². The highest BCUT2D eigenvalue weighted by Crippen LogP contribution is 2.30. The van der Waals surface area contributed by atoms with E-state index in [9.17, 15) is 18.0 Å². The summed E-state index contributed by atoms with van der Waals surface area (Å²) in [5.41, 5.74) is 0.243. The van der Waals surface area contributed by atoms with Crippen LogP contribution in [0.5, 0.6) is 11.5 Å². The molecule has 2 aromatic rings. The van der Waals surface area contributed by atoms with Crippen molar-refractivity contribution in [2.45, 2.75) is 4.90 Å². The topological polar surface area (TPSA) is 97.7 Å². The molecule has 0 atom stereocenters. The molecule has 0 aromatic heterocycles. The van der Waals surface area contributed by atoms with E-state index in [1.54, 1.807) is 0 Å². The smallest absolute Gasteiger partial charge is 0.335 e. The summed E-state index contributed by atoms with van der Waals surface area (Å²) >= 11 is 5.47. The second kappa shape index (κ2) is 7.02. The van der Waals surface area contributed by atoms with E-state index in [4.69, 9.17) is 21.4 Å². The number of Topliss-reactive ketones (excluding diaryl/α,β-unsaturated/α-hetero) is 1. The molecule has 2 aromatic carbocycles. The second-order valence-corrected chi connectivity index (χ2v) is 7.17. The zero-order chi connectivity index (χ0) is 17.9. The molecule has 8 heteroatoms. The fraction of sp³-hybridized carbons (Fsp3) is 0.125. The third-order valence-corrected chi connectivity index (χ3v) is 4.48. The third-order valence-electron chi connectivity index (χ3n) is 3.12. The average molecular weight is 369 g/mol. The lowest BCUT2D eigenvalue weighted by atomic mass is 10.1. The van der Waals surface area contributed by atoms with Gasteiger partial charge in [0.1, 0.15) is 16.4 Å². The number of carboxylic acid groups (broad SMARTS) is 1. The summed E-state index contributed by atoms with van der Waals surface area (Å²) in [6, 6.07) is 9.57. The molecule has 126 valence electrons. The number of carbonyl (C=O) groups is 2. The molecule has 0 aliphatic heterocycles. The van der Waals surface area contributed by atoms with E-state index in [2.05, 4.69) is 0 Å². The molecule has 0 heterocycles. The molecule has 24 heavy (non-hydrogen) atoms. The molecule has 0 aliphatic carbocycles. The van der Waals surface area contributed by atoms with Crippen LogP contribution in [0.25, 0.3) is 0 Å². The number of hydrogen-bond acceptors (Lipinski definition) is 5. The normalized spacial score (nSPS) is 11.1. The van der Waals surface area contributed by atoms with Gasteiger partial charge in [0, 0.05) is 11.8 Å². The van der Waals surface area contributed by atoms with Gasteiger partial charge in [-0.15, -0.1) is 11.6 Å². The highest BCUT2D eigenvalue weighted by atomic mass is 35.5. The van der Waals surface area contributed by atoms with E-state index in [1.807, 2.05) is 0 Å². The first-order valence-corrected chi connectivity index (χ1v) is 9.09. The van der Waals surface area contributed by atoms with Crippen molar-refractivity contribution in [3.63, 3.8) is 0 Å². The first-order chi connectivity index (χ1) is 11.2. The summed E-state index contributed by atoms with van der Waals surface area (Å²) in [4.78, 5) is 22.2. The maximum Gasteiger partial charge on any atom is 0.335 e. The zero-order valence-electron chi connectivity index (χ0n) is 12.5. The molecule has 0 fully saturated rings. The van der Waals surface area contributed by atoms with E-state index >= 15 is 0 Å². The van der Waals surface area contributed by atoms with Gasteiger partial charge < -0.3 is 9.84 Å². The van der Waals surface area contributed by atoms with Gasteiger partial charge in [-0.3, -0.25) is 4.79 Å². The van der Waals surface area contributed by atoms with Crippen LogP contribution in [0.4, 0.5) is 0 Å². The number of ether oxygens (including phenoxy) is 1. The van der Waals surface area contributed by atoms with Crippen LogP contribution in [0, 0.1) is 0 Å². The van der Waals surface area contributed by atoms with Gasteiger partial charge in [-0.1, -0.05) is 0 Å². The van der Waals surface area contributed by atoms with Crippen LogP contribution >= 0.6 is 11.6 Å². The predicted molar refractivity (Wildman–Crippen MR) is 88.1 cm³/mol. The van der Waals surface area contributed by atoms with Gasteiger partial charge >= 0.3 is 5.97 Å². The van der Waals surface area contributed by atoms with Gasteiger partial charge in [0.15, 0.2) is 15.6 Å². The van der Waals surface area contributed by atoms with Crippen LogP contribution in [0.15, 0.2) is 47.4 Å². The number of carboxylic acids is 1. The number of alkyl halides is 1. The van der Waals surface area contributed by atoms with Crippen LogP contribution in [-0.4, -0.2) is 37.4 Å². The van der Waals surface area contributed by atoms with Crippen molar-refractivity contribution < 1.29 is 27.9 Å². The second-order valence-electron chi connectivity index (χ2n) is 4.92. The first-order valence-electron chi connectivity index (χ1n) is 6.67. The summed E-state index contributed by atoms with van der Waals surface area (Å²) in [5.74, 6) is -1.33. The van der Waals surface area contributed by atoms with E-state index in [0.29, 0.717) is 11.3 Å². The minimum absolute atomic E-state index is 0.00100. The minimum atomic E-state index is -3.70. The van der Waals surface area contributed by atoms with E-state index in [1.165, 1.54) is 36.4 Å². The number of hydrogen-bond donors (Lipinski definition) is 1. The van der Waals surface area contributed by atoms with Gasteiger partial charge in [-0.25, -0.2) is 13.2 Å². The largest absolute Gasteiger partial charge is 0.478 e. The van der Waals surface area contributed by atoms with E-state index in [-0.39, 0.29) is 27.9 Å². The maximum absolute atomic E-state index is 11.9. The molecule has 2 rings (SSSR count). The van der Waals surface area contributed by atoms with Crippen LogP contribution in [0.2, 0.25) is 0 Å². The quantitative estimate of drug-likeness (QED) is 0.621. The van der Waals surface area contributed by atoms with Crippen molar-refractivity contribution >= 4 is 33.2 Å². The Balaban J connectivity index is 2.39. The molecular weight excluding hydrogens is 356 g/mol. The number of halogens is 1. The van der Waals surface area contributed by atoms with Crippen LogP contribution in [0.1, 0.15) is 20.7 Å². The van der Waals surface area contributed by atoms with Crippen LogP contribution in [0.3, 0.4) is 0 Å². The fourth-order valence-corrected chi connectivity index (χ4v) is 2.90. The van der Waals surface area contributed by atoms with Crippen molar-refractivity contribution in [1.29, 1.82) is 0 Å². The van der Waals surface area contributed by atoms with Crippen molar-refractivity contribution in [1.82, 2.24) is 0 Å². The monoisotopic (exact) mass is 368 g/mol. The van der Waals surface area contributed by atoms with E-state index < -0.39 is 15.8 Å². The Kier molecular flexibility index (Phi) is 5.26. The van der Waals surface area contributed by atoms with Gasteiger partial charge in [-0.05, 0) is 42.5 Å². The lowest BCUT2D eigenvalue weighted by Crippen LogP contribution is -2.04. The molecule has 0 saturated heterocycles. The zero-order valence-corrected chi connectivity index (χ0v) is 14.1. The van der Waals surface area contributed by atoms with Crippen LogP contribution in [-0.2, 0) is 9.84 Å². The number of benzene rings is 2. The Bertz CT molecular complexity index is 887. The van der Waals surface area contributed by atoms with Crippen LogP contribution < -0.4 is 4.74 Å². The highest BCUT2D eigenvalue weighted by molar-refractivity contribution is 7.90. The number of ketones is 1. The van der Waals surface area contributed by atoms with Crippen molar-refractivity contribution in [3.8, 4) is 11.5 Å². The fourth-order valence-electron chi connectivity index (χ4n) is 1.93. The predicted octanol–water partition coefficient (Wildman–Crippen LogP) is 3.00. The lowest BCUT2D eigenvalue weighted by molar-refractivity contribution is 0.0696. The molecule has 0 aliphatic rings. The molecule has 0 spiro atoms. The molecule has 6 nitrogen and oxygen atoms in total. The summed E-state index contributed by atoms with van der Waals surface area (Å²) < 4.78 is 29.3. The number of sulfone groups is 1. The van der Waals surface area contributed by atoms with Gasteiger partial charge in [0.25, 0.3) is 0 Å². The third kappa shape index (κ3) is 4.12. The molecule has 0 radical (unpaired) electrons. The number of aromatic carboxylic acids is 1. The lowest BCUT2D eigenvalue weighted by Gasteiger charge is -2.11. The summed E-state index contributed by atoms with van der Waals surface area (Å²) in [6.07, 6.45) is 0.961. The van der Waals surface area contributed by atoms with E-state index in [0.717, 1.165) is 12.3 Å². The molecule has 0 unspecified atom stereocenters. The van der Waals surface area contributed by atoms with Crippen molar-refractivity contribution in [2.75, 3.05) is 12.1 Å². The Morgan fingerprint density at radius 2 is 1.67 bits per heavy atom. The first kappa shape index (κ1) is 18.0. The Hall–Kier alpha value is -2.38. The maximum atomic E-state index is 11.9. The SMILES string of the molecule is CS(=O)(=O)c1cc(C(=O)O)ccc1Oc1ccc(C(=O)CCl)cc1. The van der Waals surface area contributed by atoms with Gasteiger partial charge in [0.2, 0.25) is 0 Å². The number of carbonyl (C=O) groups excluding carboxylic acids is 1. The standard InChI is InChI=1S/C16H13ClO6S/c1-24(21,22)15-8-11(16(19)20)4-7-14(15)23-12-5-2-10(3-6-12)13(18)9-17/h2-8H,9H2,1H3,(H,19,20). The Morgan fingerprint density at radius 1 is 1.08 bits per heavy atom. The summed E-state index contributed by atoms with van der Waals surface area (Å²) in [5, 5.41) is 8.98. The molecule has 0 saturated carbocycles. The molecule has 0 bridgehead atoms. The minimum Gasteiger partial charge on any atom is -0.478 e. The van der Waals surface area contributed by atoms with Crippen molar-refractivity contribution in [2.24, 2.45) is 0 Å².